The van der Waals surface area contributed by atoms with Gasteiger partial charge in [0.25, 0.3) is 0 Å². The van der Waals surface area contributed by atoms with E-state index in [0.29, 0.717) is 25.9 Å². The largest absolute Gasteiger partial charge is 0.466 e. The Bertz CT molecular complexity index is 1180. The van der Waals surface area contributed by atoms with Crippen LogP contribution in [0.25, 0.3) is 0 Å². The molecule has 484 valence electrons. The number of hydrogen-bond donors (Lipinski definition) is 3. The molecule has 0 aromatic carbocycles. The summed E-state index contributed by atoms with van der Waals surface area (Å²) in [7, 11) is 0. The van der Waals surface area contributed by atoms with Crippen molar-refractivity contribution in [3.05, 3.63) is 0 Å². The average molecular weight is 1150 g/mol. The third-order valence-corrected chi connectivity index (χ3v) is 18.2. The first-order valence-corrected chi connectivity index (χ1v) is 37.8. The molecule has 6 nitrogen and oxygen atoms in total. The first kappa shape index (κ1) is 79.9. The monoisotopic (exact) mass is 1140 g/mol. The molecule has 0 aromatic heterocycles. The van der Waals surface area contributed by atoms with E-state index in [4.69, 9.17) is 4.74 Å². The van der Waals surface area contributed by atoms with Gasteiger partial charge in [0.2, 0.25) is 5.91 Å². The molecule has 0 saturated heterocycles. The number of carbonyl (C=O) groups is 2. The Morgan fingerprint density at radius 3 is 0.753 bits per heavy atom. The van der Waals surface area contributed by atoms with Crippen molar-refractivity contribution in [1.82, 2.24) is 5.32 Å². The number of aliphatic hydroxyl groups excluding tert-OH is 2. The number of unbranched alkanes of at least 4 members (excludes halogenated alkanes) is 61. The van der Waals surface area contributed by atoms with Crippen LogP contribution in [0.4, 0.5) is 0 Å². The number of nitrogens with one attached hydrogen (secondary N) is 1. The van der Waals surface area contributed by atoms with Gasteiger partial charge in [0, 0.05) is 12.8 Å². The fourth-order valence-electron chi connectivity index (χ4n) is 12.4. The summed E-state index contributed by atoms with van der Waals surface area (Å²) in [6.07, 6.45) is 87.5. The third-order valence-electron chi connectivity index (χ3n) is 18.2. The number of aliphatic hydroxyl groups is 2. The molecule has 0 fully saturated rings. The summed E-state index contributed by atoms with van der Waals surface area (Å²) in [5, 5.41) is 23.4. The molecule has 0 rings (SSSR count). The Kier molecular flexibility index (Phi) is 70.3. The van der Waals surface area contributed by atoms with Gasteiger partial charge < -0.3 is 20.3 Å². The highest BCUT2D eigenvalue weighted by molar-refractivity contribution is 5.76. The van der Waals surface area contributed by atoms with Crippen LogP contribution in [0, 0.1) is 0 Å². The molecule has 2 atom stereocenters. The van der Waals surface area contributed by atoms with Gasteiger partial charge in [-0.1, -0.05) is 406 Å². The van der Waals surface area contributed by atoms with E-state index in [9.17, 15) is 19.8 Å². The normalized spacial score (nSPS) is 12.4. The predicted octanol–water partition coefficient (Wildman–Crippen LogP) is 24.5. The minimum Gasteiger partial charge on any atom is -0.466 e. The van der Waals surface area contributed by atoms with Crippen LogP contribution in [0.3, 0.4) is 0 Å². The number of carbonyl (C=O) groups excluding carboxylic acids is 2. The lowest BCUT2D eigenvalue weighted by Crippen LogP contribution is -2.45. The standard InChI is InChI=1S/C75H149NO5/c1-3-5-7-9-11-13-15-16-17-18-19-32-35-38-41-44-48-51-55-59-63-67-73(78)72(71-77)76-74(79)68-64-60-56-52-49-45-42-39-36-33-30-28-26-24-22-20-21-23-25-27-29-31-34-37-40-43-46-50-54-58-62-66-70-81-75(80)69-65-61-57-53-47-14-12-10-8-6-4-2/h72-73,77-78H,3-71H2,1-2H3,(H,76,79). The molecule has 0 saturated carbocycles. The lowest BCUT2D eigenvalue weighted by atomic mass is 10.0. The van der Waals surface area contributed by atoms with E-state index in [2.05, 4.69) is 19.2 Å². The molecule has 1 amide bonds. The van der Waals surface area contributed by atoms with E-state index >= 15 is 0 Å². The average Bonchev–Trinajstić information content (AvgIpc) is 3.47. The first-order valence-electron chi connectivity index (χ1n) is 37.8. The fourth-order valence-corrected chi connectivity index (χ4v) is 12.4. The van der Waals surface area contributed by atoms with Crippen molar-refractivity contribution >= 4 is 11.9 Å². The van der Waals surface area contributed by atoms with Gasteiger partial charge in [-0.15, -0.1) is 0 Å². The van der Waals surface area contributed by atoms with Gasteiger partial charge in [-0.3, -0.25) is 9.59 Å². The first-order chi connectivity index (χ1) is 40.0. The van der Waals surface area contributed by atoms with Crippen LogP contribution in [0.15, 0.2) is 0 Å². The number of rotatable bonds is 72. The molecular formula is C75H149NO5. The Balaban J connectivity index is 3.32. The zero-order valence-electron chi connectivity index (χ0n) is 55.6. The van der Waals surface area contributed by atoms with Gasteiger partial charge in [0.1, 0.15) is 0 Å². The zero-order valence-corrected chi connectivity index (χ0v) is 55.6. The van der Waals surface area contributed by atoms with E-state index < -0.39 is 12.1 Å². The summed E-state index contributed by atoms with van der Waals surface area (Å²) >= 11 is 0. The van der Waals surface area contributed by atoms with Crippen LogP contribution in [0.1, 0.15) is 444 Å². The van der Waals surface area contributed by atoms with Gasteiger partial charge in [0.15, 0.2) is 0 Å². The zero-order chi connectivity index (χ0) is 58.5. The SMILES string of the molecule is CCCCCCCCCCCCCCCCCCCCCCCC(O)C(CO)NC(=O)CCCCCCCCCCCCCCCCCCCCCCCCCCCCCCCCCCOC(=O)CCCCCCCCCCCCC. The van der Waals surface area contributed by atoms with Crippen molar-refractivity contribution in [2.24, 2.45) is 0 Å². The Morgan fingerprint density at radius 2 is 0.506 bits per heavy atom. The van der Waals surface area contributed by atoms with Crippen molar-refractivity contribution < 1.29 is 24.5 Å². The van der Waals surface area contributed by atoms with Gasteiger partial charge in [-0.25, -0.2) is 0 Å². The van der Waals surface area contributed by atoms with Gasteiger partial charge in [-0.2, -0.15) is 0 Å². The van der Waals surface area contributed by atoms with Crippen LogP contribution in [-0.4, -0.2) is 47.4 Å². The highest BCUT2D eigenvalue weighted by Crippen LogP contribution is 2.20. The van der Waals surface area contributed by atoms with Crippen molar-refractivity contribution in [3.63, 3.8) is 0 Å². The molecular weight excluding hydrogens is 995 g/mol. The molecule has 0 aliphatic rings. The van der Waals surface area contributed by atoms with Gasteiger partial charge >= 0.3 is 5.97 Å². The minimum absolute atomic E-state index is 0.0222. The van der Waals surface area contributed by atoms with E-state index in [0.717, 1.165) is 38.5 Å². The van der Waals surface area contributed by atoms with Crippen LogP contribution < -0.4 is 5.32 Å². The molecule has 6 heteroatoms. The Labute approximate surface area is 508 Å². The van der Waals surface area contributed by atoms with Gasteiger partial charge in [0.05, 0.1) is 25.4 Å². The van der Waals surface area contributed by atoms with Crippen molar-refractivity contribution in [2.45, 2.75) is 456 Å². The smallest absolute Gasteiger partial charge is 0.305 e. The van der Waals surface area contributed by atoms with Crippen LogP contribution in [-0.2, 0) is 14.3 Å². The van der Waals surface area contributed by atoms with E-state index in [-0.39, 0.29) is 18.5 Å². The summed E-state index contributed by atoms with van der Waals surface area (Å²) in [6, 6.07) is -0.538. The van der Waals surface area contributed by atoms with Crippen molar-refractivity contribution in [3.8, 4) is 0 Å². The number of esters is 1. The molecule has 3 N–H and O–H groups in total. The summed E-state index contributed by atoms with van der Waals surface area (Å²) < 4.78 is 5.48. The second-order valence-electron chi connectivity index (χ2n) is 26.4. The number of amides is 1. The lowest BCUT2D eigenvalue weighted by molar-refractivity contribution is -0.143. The quantitative estimate of drug-likeness (QED) is 0.0417. The molecule has 0 bridgehead atoms. The molecule has 0 aromatic rings. The van der Waals surface area contributed by atoms with Crippen molar-refractivity contribution in [2.75, 3.05) is 13.2 Å². The van der Waals surface area contributed by atoms with E-state index in [1.54, 1.807) is 0 Å². The number of hydrogen-bond acceptors (Lipinski definition) is 5. The summed E-state index contributed by atoms with van der Waals surface area (Å²) in [4.78, 5) is 24.6. The number of ether oxygens (including phenoxy) is 1. The third kappa shape index (κ3) is 67.9. The molecule has 0 heterocycles. The van der Waals surface area contributed by atoms with Crippen LogP contribution in [0.5, 0.6) is 0 Å². The van der Waals surface area contributed by atoms with E-state index in [1.807, 2.05) is 0 Å². The molecule has 0 radical (unpaired) electrons. The molecule has 81 heavy (non-hydrogen) atoms. The van der Waals surface area contributed by atoms with Crippen LogP contribution >= 0.6 is 0 Å². The maximum atomic E-state index is 12.6. The molecule has 0 spiro atoms. The van der Waals surface area contributed by atoms with Crippen LogP contribution in [0.2, 0.25) is 0 Å². The molecule has 0 aliphatic carbocycles. The molecule has 0 aliphatic heterocycles. The maximum Gasteiger partial charge on any atom is 0.305 e. The predicted molar refractivity (Wildman–Crippen MR) is 357 cm³/mol. The molecule has 2 unspecified atom stereocenters. The summed E-state index contributed by atoms with van der Waals surface area (Å²) in [6.45, 7) is 5.01. The Morgan fingerprint density at radius 1 is 0.296 bits per heavy atom. The minimum atomic E-state index is -0.661. The fraction of sp³-hybridized carbons (Fsp3) is 0.973. The lowest BCUT2D eigenvalue weighted by Gasteiger charge is -2.22. The summed E-state index contributed by atoms with van der Waals surface area (Å²) in [5.41, 5.74) is 0. The van der Waals surface area contributed by atoms with Crippen molar-refractivity contribution in [1.29, 1.82) is 0 Å². The summed E-state index contributed by atoms with van der Waals surface area (Å²) in [5.74, 6) is -0.00243. The topological polar surface area (TPSA) is 95.9 Å². The maximum absolute atomic E-state index is 12.6. The van der Waals surface area contributed by atoms with E-state index in [1.165, 1.54) is 372 Å². The van der Waals surface area contributed by atoms with Gasteiger partial charge in [-0.05, 0) is 25.7 Å². The second kappa shape index (κ2) is 71.3. The highest BCUT2D eigenvalue weighted by Gasteiger charge is 2.20. The second-order valence-corrected chi connectivity index (χ2v) is 26.4. The Hall–Kier alpha value is -1.14. The highest BCUT2D eigenvalue weighted by atomic mass is 16.5.